The highest BCUT2D eigenvalue weighted by Crippen LogP contribution is 2.32. The van der Waals surface area contributed by atoms with Crippen LogP contribution in [0, 0.1) is 6.92 Å². The number of amides is 2. The van der Waals surface area contributed by atoms with Crippen molar-refractivity contribution in [1.29, 1.82) is 0 Å². The van der Waals surface area contributed by atoms with E-state index in [2.05, 4.69) is 5.32 Å². The second-order valence-corrected chi connectivity index (χ2v) is 15.7. The standard InChI is InChI=1S/C35H35Cl4N3O4S/c1-23-13-15-28(16-14-23)47(45,46)42(27-19-25(36)18-26(37)20-27)22-33(43)41(21-29-30(38)11-8-12-31(29)39)32(34(44)40-35(2,3)4)17-24-9-6-5-7-10-24/h5-16,18-20,32H,17,21-22H2,1-4H3,(H,40,44). The molecule has 0 spiro atoms. The van der Waals surface area contributed by atoms with Crippen LogP contribution >= 0.6 is 46.4 Å². The zero-order chi connectivity index (χ0) is 34.5. The molecule has 2 amide bonds. The minimum atomic E-state index is -4.34. The largest absolute Gasteiger partial charge is 0.350 e. The van der Waals surface area contributed by atoms with E-state index in [4.69, 9.17) is 46.4 Å². The van der Waals surface area contributed by atoms with Gasteiger partial charge in [-0.25, -0.2) is 8.42 Å². The Kier molecular flexibility index (Phi) is 11.9. The molecule has 4 aromatic carbocycles. The third-order valence-corrected chi connectivity index (χ3v) is 10.1. The van der Waals surface area contributed by atoms with Crippen molar-refractivity contribution in [1.82, 2.24) is 10.2 Å². The smallest absolute Gasteiger partial charge is 0.264 e. The first-order valence-electron chi connectivity index (χ1n) is 14.7. The van der Waals surface area contributed by atoms with Crippen LogP contribution in [0.5, 0.6) is 0 Å². The number of rotatable bonds is 11. The van der Waals surface area contributed by atoms with Gasteiger partial charge in [0.15, 0.2) is 0 Å². The monoisotopic (exact) mass is 733 g/mol. The number of sulfonamides is 1. The van der Waals surface area contributed by atoms with E-state index >= 15 is 0 Å². The Morgan fingerprint density at radius 2 is 1.38 bits per heavy atom. The maximum Gasteiger partial charge on any atom is 0.264 e. The van der Waals surface area contributed by atoms with Crippen LogP contribution in [-0.2, 0) is 32.6 Å². The number of carbonyl (C=O) groups excluding carboxylic acids is 2. The molecule has 0 aliphatic rings. The summed E-state index contributed by atoms with van der Waals surface area (Å²) < 4.78 is 29.4. The van der Waals surface area contributed by atoms with Gasteiger partial charge in [0, 0.05) is 44.2 Å². The fourth-order valence-corrected chi connectivity index (χ4v) is 7.34. The van der Waals surface area contributed by atoms with E-state index in [0.717, 1.165) is 15.4 Å². The molecule has 0 heterocycles. The van der Waals surface area contributed by atoms with Gasteiger partial charge in [-0.1, -0.05) is 100 Å². The molecule has 0 aromatic heterocycles. The number of carbonyl (C=O) groups is 2. The van der Waals surface area contributed by atoms with Crippen molar-refractivity contribution >= 4 is 73.9 Å². The summed E-state index contributed by atoms with van der Waals surface area (Å²) >= 11 is 25.8. The summed E-state index contributed by atoms with van der Waals surface area (Å²) in [7, 11) is -4.34. The van der Waals surface area contributed by atoms with E-state index in [0.29, 0.717) is 5.56 Å². The Balaban J connectivity index is 1.88. The zero-order valence-electron chi connectivity index (χ0n) is 26.3. The van der Waals surface area contributed by atoms with Gasteiger partial charge < -0.3 is 10.2 Å². The lowest BCUT2D eigenvalue weighted by Crippen LogP contribution is -2.56. The second kappa shape index (κ2) is 15.3. The third-order valence-electron chi connectivity index (χ3n) is 7.18. The molecule has 1 unspecified atom stereocenters. The fraction of sp³-hybridized carbons (Fsp3) is 0.257. The average molecular weight is 736 g/mol. The lowest BCUT2D eigenvalue weighted by atomic mass is 10.0. The number of aryl methyl sites for hydroxylation is 1. The minimum Gasteiger partial charge on any atom is -0.350 e. The van der Waals surface area contributed by atoms with E-state index in [1.54, 1.807) is 30.3 Å². The Morgan fingerprint density at radius 3 is 1.94 bits per heavy atom. The van der Waals surface area contributed by atoms with Gasteiger partial charge in [-0.3, -0.25) is 13.9 Å². The van der Waals surface area contributed by atoms with E-state index < -0.39 is 40.0 Å². The summed E-state index contributed by atoms with van der Waals surface area (Å²) in [4.78, 5) is 30.0. The molecular formula is C35H35Cl4N3O4S. The molecule has 248 valence electrons. The van der Waals surface area contributed by atoms with Gasteiger partial charge in [0.05, 0.1) is 10.6 Å². The summed E-state index contributed by atoms with van der Waals surface area (Å²) in [5.41, 5.74) is 1.49. The van der Waals surface area contributed by atoms with Crippen LogP contribution in [0.15, 0.2) is 95.9 Å². The molecule has 0 saturated heterocycles. The quantitative estimate of drug-likeness (QED) is 0.168. The first-order chi connectivity index (χ1) is 22.0. The summed E-state index contributed by atoms with van der Waals surface area (Å²) in [6.07, 6.45) is 0.129. The Labute approximate surface area is 296 Å². The van der Waals surface area contributed by atoms with Gasteiger partial charge in [0.25, 0.3) is 10.0 Å². The molecule has 12 heteroatoms. The molecule has 0 radical (unpaired) electrons. The van der Waals surface area contributed by atoms with E-state index in [1.165, 1.54) is 35.2 Å². The molecule has 0 aliphatic carbocycles. The molecule has 0 fully saturated rings. The predicted octanol–water partition coefficient (Wildman–Crippen LogP) is 8.36. The SMILES string of the molecule is Cc1ccc(S(=O)(=O)N(CC(=O)N(Cc2c(Cl)cccc2Cl)C(Cc2ccccc2)C(=O)NC(C)(C)C)c2cc(Cl)cc(Cl)c2)cc1. The topological polar surface area (TPSA) is 86.8 Å². The highest BCUT2D eigenvalue weighted by atomic mass is 35.5. The number of hydrogen-bond acceptors (Lipinski definition) is 4. The normalized spacial score (nSPS) is 12.3. The molecule has 4 rings (SSSR count). The van der Waals surface area contributed by atoms with Crippen LogP contribution in [-0.4, -0.2) is 43.3 Å². The van der Waals surface area contributed by atoms with E-state index in [-0.39, 0.29) is 43.6 Å². The lowest BCUT2D eigenvalue weighted by Gasteiger charge is -2.35. The highest BCUT2D eigenvalue weighted by molar-refractivity contribution is 7.92. The Hall–Kier alpha value is -3.27. The maximum absolute atomic E-state index is 14.6. The summed E-state index contributed by atoms with van der Waals surface area (Å²) in [5.74, 6) is -1.12. The van der Waals surface area contributed by atoms with Crippen molar-refractivity contribution in [3.8, 4) is 0 Å². The molecule has 0 bridgehead atoms. The van der Waals surface area contributed by atoms with Crippen LogP contribution in [0.1, 0.15) is 37.5 Å². The first-order valence-corrected chi connectivity index (χ1v) is 17.6. The van der Waals surface area contributed by atoms with Crippen LogP contribution in [0.25, 0.3) is 0 Å². The van der Waals surface area contributed by atoms with Crippen molar-refractivity contribution in [3.63, 3.8) is 0 Å². The van der Waals surface area contributed by atoms with Crippen LogP contribution < -0.4 is 9.62 Å². The second-order valence-electron chi connectivity index (χ2n) is 12.1. The Morgan fingerprint density at radius 1 is 0.809 bits per heavy atom. The zero-order valence-corrected chi connectivity index (χ0v) is 30.1. The van der Waals surface area contributed by atoms with E-state index in [9.17, 15) is 18.0 Å². The van der Waals surface area contributed by atoms with Crippen molar-refractivity contribution in [2.45, 2.75) is 57.1 Å². The van der Waals surface area contributed by atoms with Crippen molar-refractivity contribution in [3.05, 3.63) is 128 Å². The molecule has 0 aliphatic heterocycles. The van der Waals surface area contributed by atoms with Crippen LogP contribution in [0.3, 0.4) is 0 Å². The van der Waals surface area contributed by atoms with E-state index in [1.807, 2.05) is 58.0 Å². The Bertz CT molecular complexity index is 1810. The number of halogens is 4. The van der Waals surface area contributed by atoms with Gasteiger partial charge in [-0.15, -0.1) is 0 Å². The first kappa shape index (κ1) is 36.6. The molecular weight excluding hydrogens is 700 g/mol. The van der Waals surface area contributed by atoms with Crippen LogP contribution in [0.4, 0.5) is 5.69 Å². The number of benzene rings is 4. The predicted molar refractivity (Wildman–Crippen MR) is 191 cm³/mol. The molecule has 4 aromatic rings. The average Bonchev–Trinajstić information content (AvgIpc) is 2.98. The minimum absolute atomic E-state index is 0.0426. The third kappa shape index (κ3) is 9.64. The number of hydrogen-bond donors (Lipinski definition) is 1. The maximum atomic E-state index is 14.6. The molecule has 0 saturated carbocycles. The van der Waals surface area contributed by atoms with Crippen molar-refractivity contribution < 1.29 is 18.0 Å². The van der Waals surface area contributed by atoms with Crippen LogP contribution in [0.2, 0.25) is 20.1 Å². The van der Waals surface area contributed by atoms with Crippen molar-refractivity contribution in [2.75, 3.05) is 10.8 Å². The van der Waals surface area contributed by atoms with Gasteiger partial charge in [0.2, 0.25) is 11.8 Å². The lowest BCUT2D eigenvalue weighted by molar-refractivity contribution is -0.140. The molecule has 1 atom stereocenters. The molecule has 47 heavy (non-hydrogen) atoms. The highest BCUT2D eigenvalue weighted by Gasteiger charge is 2.36. The summed E-state index contributed by atoms with van der Waals surface area (Å²) in [6, 6.07) is 23.6. The van der Waals surface area contributed by atoms with Gasteiger partial charge in [-0.2, -0.15) is 0 Å². The van der Waals surface area contributed by atoms with Gasteiger partial charge >= 0.3 is 0 Å². The van der Waals surface area contributed by atoms with Gasteiger partial charge in [-0.05, 0) is 75.7 Å². The summed E-state index contributed by atoms with van der Waals surface area (Å²) in [6.45, 7) is 6.47. The van der Waals surface area contributed by atoms with Crippen molar-refractivity contribution in [2.24, 2.45) is 0 Å². The fourth-order valence-electron chi connectivity index (χ4n) is 4.91. The summed E-state index contributed by atoms with van der Waals surface area (Å²) in [5, 5.41) is 3.91. The number of nitrogens with one attached hydrogen (secondary N) is 1. The molecule has 1 N–H and O–H groups in total. The molecule has 7 nitrogen and oxygen atoms in total. The number of anilines is 1. The van der Waals surface area contributed by atoms with Gasteiger partial charge in [0.1, 0.15) is 12.6 Å². The number of nitrogens with zero attached hydrogens (tertiary/aromatic N) is 2.